The molecule has 0 radical (unpaired) electrons. The Hall–Kier alpha value is -3.40. The van der Waals surface area contributed by atoms with Crippen LogP contribution in [0, 0.1) is 53.2 Å². The molecule has 0 spiro atoms. The lowest BCUT2D eigenvalue weighted by atomic mass is 10.2. The highest BCUT2D eigenvalue weighted by atomic mass is 19.2. The summed E-state index contributed by atoms with van der Waals surface area (Å²) < 4.78 is 50.2. The van der Waals surface area contributed by atoms with Gasteiger partial charge in [-0.2, -0.15) is 0 Å². The van der Waals surface area contributed by atoms with Gasteiger partial charge in [-0.1, -0.05) is 72.8 Å². The van der Waals surface area contributed by atoms with Crippen LogP contribution in [0.1, 0.15) is 47.2 Å². The molecule has 0 amide bonds. The minimum atomic E-state index is -0.910. The van der Waals surface area contributed by atoms with Crippen LogP contribution in [0.4, 0.5) is 17.6 Å². The fourth-order valence-electron chi connectivity index (χ4n) is 2.41. The average molecular weight is 499 g/mol. The number of hydrogen-bond acceptors (Lipinski definition) is 0. The maximum atomic E-state index is 12.6. The van der Waals surface area contributed by atoms with E-state index in [4.69, 9.17) is 0 Å². The second-order valence-corrected chi connectivity index (χ2v) is 8.85. The van der Waals surface area contributed by atoms with Crippen molar-refractivity contribution < 1.29 is 17.6 Å². The lowest BCUT2D eigenvalue weighted by Gasteiger charge is -1.97. The van der Waals surface area contributed by atoms with Gasteiger partial charge in [-0.3, -0.25) is 0 Å². The average Bonchev–Trinajstić information content (AvgIpc) is 2.81. The maximum absolute atomic E-state index is 12.6. The van der Waals surface area contributed by atoms with Crippen LogP contribution in [0.2, 0.25) is 0 Å². The predicted octanol–water partition coefficient (Wildman–Crippen LogP) is 10.5. The molecule has 3 rings (SSSR count). The molecule has 3 aromatic carbocycles. The standard InChI is InChI=1S/C8H10F2.2C8H9F.C8H10/c1-5(2)7(9)8(10)6(3)4;2*1-6-3-4-7(2)8(9)5-6;1-7-3-5-8(2)6-4-7/h1,3H2,2,4H3;2*3-5H,1-2H3;3-6H,1-2H3/b8-7-;;;. The van der Waals surface area contributed by atoms with Crippen LogP contribution in [0.3, 0.4) is 0 Å². The zero-order valence-electron chi connectivity index (χ0n) is 22.7. The Balaban J connectivity index is 0.000000454. The van der Waals surface area contributed by atoms with Crippen molar-refractivity contribution >= 4 is 0 Å². The zero-order valence-corrected chi connectivity index (χ0v) is 22.7. The molecule has 0 N–H and O–H groups in total. The Bertz CT molecular complexity index is 1080. The molecule has 36 heavy (non-hydrogen) atoms. The van der Waals surface area contributed by atoms with Gasteiger partial charge in [0.2, 0.25) is 0 Å². The predicted molar refractivity (Wildman–Crippen MR) is 147 cm³/mol. The lowest BCUT2D eigenvalue weighted by Crippen LogP contribution is -1.82. The number of hydrogen-bond donors (Lipinski definition) is 0. The topological polar surface area (TPSA) is 0 Å². The first-order valence-electron chi connectivity index (χ1n) is 11.5. The van der Waals surface area contributed by atoms with Gasteiger partial charge >= 0.3 is 0 Å². The number of allylic oxidation sites excluding steroid dienone is 4. The van der Waals surface area contributed by atoms with E-state index >= 15 is 0 Å². The fraction of sp³-hybridized carbons (Fsp3) is 0.250. The summed E-state index contributed by atoms with van der Waals surface area (Å²) >= 11 is 0. The molecule has 194 valence electrons. The second-order valence-electron chi connectivity index (χ2n) is 8.85. The Kier molecular flexibility index (Phi) is 14.8. The molecule has 0 aliphatic heterocycles. The third-order valence-corrected chi connectivity index (χ3v) is 4.81. The van der Waals surface area contributed by atoms with Crippen molar-refractivity contribution in [2.24, 2.45) is 0 Å². The van der Waals surface area contributed by atoms with Crippen LogP contribution in [0.5, 0.6) is 0 Å². The molecule has 4 heteroatoms. The van der Waals surface area contributed by atoms with E-state index in [1.165, 1.54) is 37.1 Å². The normalized spacial score (nSPS) is 10.3. The zero-order chi connectivity index (χ0) is 28.0. The molecule has 0 fully saturated rings. The fourth-order valence-corrected chi connectivity index (χ4v) is 2.41. The minimum Gasteiger partial charge on any atom is -0.207 e. The van der Waals surface area contributed by atoms with Gasteiger partial charge in [0.05, 0.1) is 0 Å². The second kappa shape index (κ2) is 16.3. The highest BCUT2D eigenvalue weighted by Crippen LogP contribution is 2.20. The van der Waals surface area contributed by atoms with E-state index in [2.05, 4.69) is 51.3 Å². The largest absolute Gasteiger partial charge is 0.207 e. The highest BCUT2D eigenvalue weighted by molar-refractivity contribution is 5.32. The summed E-state index contributed by atoms with van der Waals surface area (Å²) in [7, 11) is 0. The number of benzene rings is 3. The summed E-state index contributed by atoms with van der Waals surface area (Å²) in [5.74, 6) is -2.05. The van der Waals surface area contributed by atoms with Gasteiger partial charge in [-0.15, -0.1) is 0 Å². The molecule has 0 atom stereocenters. The molecule has 0 heterocycles. The third kappa shape index (κ3) is 13.5. The molecule has 0 bridgehead atoms. The van der Waals surface area contributed by atoms with Gasteiger partial charge in [0.25, 0.3) is 0 Å². The van der Waals surface area contributed by atoms with Crippen molar-refractivity contribution in [1.82, 2.24) is 0 Å². The Labute approximate surface area is 214 Å². The summed E-state index contributed by atoms with van der Waals surface area (Å²) in [6.45, 7) is 20.8. The highest BCUT2D eigenvalue weighted by Gasteiger charge is 2.06. The molecular weight excluding hydrogens is 460 g/mol. The maximum Gasteiger partial charge on any atom is 0.161 e. The molecular formula is C32H38F4. The van der Waals surface area contributed by atoms with Crippen molar-refractivity contribution in [3.63, 3.8) is 0 Å². The molecule has 0 saturated carbocycles. The van der Waals surface area contributed by atoms with Gasteiger partial charge in [0.1, 0.15) is 11.6 Å². The lowest BCUT2D eigenvalue weighted by molar-refractivity contribution is 0.556. The van der Waals surface area contributed by atoms with Crippen LogP contribution < -0.4 is 0 Å². The van der Waals surface area contributed by atoms with Crippen molar-refractivity contribution in [2.45, 2.75) is 55.4 Å². The third-order valence-electron chi connectivity index (χ3n) is 4.81. The van der Waals surface area contributed by atoms with E-state index in [0.717, 1.165) is 11.1 Å². The van der Waals surface area contributed by atoms with E-state index in [1.807, 2.05) is 26.0 Å². The summed E-state index contributed by atoms with van der Waals surface area (Å²) in [6.07, 6.45) is 0. The van der Waals surface area contributed by atoms with Crippen LogP contribution in [-0.4, -0.2) is 0 Å². The van der Waals surface area contributed by atoms with E-state index in [1.54, 1.807) is 26.0 Å². The van der Waals surface area contributed by atoms with Crippen molar-refractivity contribution in [1.29, 1.82) is 0 Å². The van der Waals surface area contributed by atoms with Gasteiger partial charge in [-0.25, -0.2) is 17.6 Å². The first kappa shape index (κ1) is 32.6. The Morgan fingerprint density at radius 2 is 0.750 bits per heavy atom. The number of halogens is 4. The van der Waals surface area contributed by atoms with Crippen LogP contribution in [0.25, 0.3) is 0 Å². The summed E-state index contributed by atoms with van der Waals surface area (Å²) in [4.78, 5) is 0. The van der Waals surface area contributed by atoms with Gasteiger partial charge in [0, 0.05) is 0 Å². The molecule has 0 aromatic heterocycles. The Morgan fingerprint density at radius 3 is 0.944 bits per heavy atom. The minimum absolute atomic E-state index is 0.0838. The molecule has 0 nitrogen and oxygen atoms in total. The molecule has 0 aliphatic carbocycles. The summed E-state index contributed by atoms with van der Waals surface area (Å²) in [5.41, 5.74) is 6.18. The van der Waals surface area contributed by atoms with Crippen molar-refractivity contribution in [2.75, 3.05) is 0 Å². The molecule has 3 aromatic rings. The molecule has 0 unspecified atom stereocenters. The monoisotopic (exact) mass is 498 g/mol. The van der Waals surface area contributed by atoms with Crippen molar-refractivity contribution in [3.8, 4) is 0 Å². The van der Waals surface area contributed by atoms with Gasteiger partial charge in [-0.05, 0) is 101 Å². The van der Waals surface area contributed by atoms with Crippen LogP contribution >= 0.6 is 0 Å². The Morgan fingerprint density at radius 1 is 0.500 bits per heavy atom. The van der Waals surface area contributed by atoms with E-state index < -0.39 is 11.7 Å². The quantitative estimate of drug-likeness (QED) is 0.243. The van der Waals surface area contributed by atoms with E-state index in [9.17, 15) is 17.6 Å². The van der Waals surface area contributed by atoms with E-state index in [0.29, 0.717) is 11.1 Å². The van der Waals surface area contributed by atoms with Crippen molar-refractivity contribution in [3.05, 3.63) is 142 Å². The first-order chi connectivity index (χ1) is 16.6. The van der Waals surface area contributed by atoms with Crippen LogP contribution in [0.15, 0.2) is 96.6 Å². The smallest absolute Gasteiger partial charge is 0.161 e. The van der Waals surface area contributed by atoms with Crippen LogP contribution in [-0.2, 0) is 0 Å². The van der Waals surface area contributed by atoms with Gasteiger partial charge in [0.15, 0.2) is 11.7 Å². The van der Waals surface area contributed by atoms with Gasteiger partial charge < -0.3 is 0 Å². The number of rotatable bonds is 2. The molecule has 0 saturated heterocycles. The van der Waals surface area contributed by atoms with E-state index in [-0.39, 0.29) is 22.8 Å². The summed E-state index contributed by atoms with van der Waals surface area (Å²) in [6, 6.07) is 18.9. The SMILES string of the molecule is C=C(C)/C(F)=C(/F)C(=C)C.Cc1ccc(C)c(F)c1.Cc1ccc(C)c(F)c1.Cc1ccc(C)cc1. The summed E-state index contributed by atoms with van der Waals surface area (Å²) in [5, 5.41) is 0. The molecule has 0 aliphatic rings. The number of aryl methyl sites for hydroxylation is 6. The first-order valence-corrected chi connectivity index (χ1v) is 11.5.